The Hall–Kier alpha value is -4.18. The molecule has 1 aliphatic carbocycles. The minimum atomic E-state index is -1.11. The van der Waals surface area contributed by atoms with Gasteiger partial charge in [0.05, 0.1) is 16.7 Å². The lowest BCUT2D eigenvalue weighted by atomic mass is 9.93. The molecule has 1 fully saturated rings. The molecule has 1 saturated carbocycles. The van der Waals surface area contributed by atoms with E-state index in [0.717, 1.165) is 5.56 Å². The van der Waals surface area contributed by atoms with Crippen LogP contribution in [0.3, 0.4) is 0 Å². The van der Waals surface area contributed by atoms with Gasteiger partial charge in [-0.3, -0.25) is 4.79 Å². The van der Waals surface area contributed by atoms with Crippen molar-refractivity contribution in [3.8, 4) is 23.2 Å². The molecule has 3 heterocycles. The fraction of sp³-hybridized carbons (Fsp3) is 0.154. The van der Waals surface area contributed by atoms with Crippen molar-refractivity contribution in [2.75, 3.05) is 0 Å². The zero-order valence-electron chi connectivity index (χ0n) is 17.3. The van der Waals surface area contributed by atoms with Gasteiger partial charge in [0.1, 0.15) is 35.5 Å². The van der Waals surface area contributed by atoms with Crippen molar-refractivity contribution in [3.05, 3.63) is 101 Å². The molecule has 2 aliphatic rings. The standard InChI is InChI=1S/C26H16F2N4O/c27-18-12-17(7-6-16-4-2-1-3-5-16)13-19(28)22(18)23-24(33)26(9-10-26)25-31-21(14-32(23)25)20-8-11-29-15-30-20/h1-5,8,11-15,23H,9-10H2. The second-order valence-electron chi connectivity index (χ2n) is 8.27. The maximum Gasteiger partial charge on any atom is 0.174 e. The van der Waals surface area contributed by atoms with Crippen molar-refractivity contribution in [2.45, 2.75) is 24.3 Å². The highest BCUT2D eigenvalue weighted by Gasteiger charge is 2.62. The first kappa shape index (κ1) is 19.5. The minimum absolute atomic E-state index is 0.205. The first-order valence-electron chi connectivity index (χ1n) is 10.5. The molecule has 0 amide bonds. The van der Waals surface area contributed by atoms with Crippen LogP contribution in [0.4, 0.5) is 8.78 Å². The van der Waals surface area contributed by atoms with E-state index in [4.69, 9.17) is 0 Å². The fourth-order valence-corrected chi connectivity index (χ4v) is 4.46. The van der Waals surface area contributed by atoms with Crippen LogP contribution in [-0.4, -0.2) is 25.3 Å². The Kier molecular flexibility index (Phi) is 4.24. The van der Waals surface area contributed by atoms with Crippen LogP contribution in [0.2, 0.25) is 0 Å². The summed E-state index contributed by atoms with van der Waals surface area (Å²) in [6.07, 6.45) is 5.88. The second kappa shape index (κ2) is 7.17. The van der Waals surface area contributed by atoms with Gasteiger partial charge >= 0.3 is 0 Å². The molecular weight excluding hydrogens is 422 g/mol. The van der Waals surface area contributed by atoms with E-state index in [2.05, 4.69) is 26.8 Å². The van der Waals surface area contributed by atoms with E-state index in [1.165, 1.54) is 18.5 Å². The van der Waals surface area contributed by atoms with Gasteiger partial charge in [0, 0.05) is 23.5 Å². The number of Topliss-reactive ketones (excluding diaryl/α,β-unsaturated/α-hetero) is 1. The highest BCUT2D eigenvalue weighted by atomic mass is 19.1. The lowest BCUT2D eigenvalue weighted by molar-refractivity contribution is -0.122. The van der Waals surface area contributed by atoms with Crippen molar-refractivity contribution in [1.29, 1.82) is 0 Å². The summed E-state index contributed by atoms with van der Waals surface area (Å²) < 4.78 is 32.1. The van der Waals surface area contributed by atoms with E-state index in [0.29, 0.717) is 30.1 Å². The smallest absolute Gasteiger partial charge is 0.174 e. The Bertz CT molecular complexity index is 1440. The maximum atomic E-state index is 15.2. The molecule has 6 rings (SSSR count). The number of hydrogen-bond donors (Lipinski definition) is 0. The van der Waals surface area contributed by atoms with Gasteiger partial charge in [0.15, 0.2) is 5.78 Å². The van der Waals surface area contributed by atoms with Crippen molar-refractivity contribution in [2.24, 2.45) is 0 Å². The first-order valence-corrected chi connectivity index (χ1v) is 10.5. The molecule has 1 spiro atoms. The molecular formula is C26H16F2N4O. The summed E-state index contributed by atoms with van der Waals surface area (Å²) in [5.41, 5.74) is 1.02. The quantitative estimate of drug-likeness (QED) is 0.440. The number of nitrogens with zero attached hydrogens (tertiary/aromatic N) is 4. The zero-order valence-corrected chi connectivity index (χ0v) is 17.3. The van der Waals surface area contributed by atoms with Gasteiger partial charge in [-0.15, -0.1) is 0 Å². The molecule has 2 aromatic carbocycles. The number of fused-ring (bicyclic) bond motifs is 2. The van der Waals surface area contributed by atoms with Crippen molar-refractivity contribution >= 4 is 5.78 Å². The molecule has 2 aromatic heterocycles. The van der Waals surface area contributed by atoms with Crippen LogP contribution in [0, 0.1) is 23.5 Å². The summed E-state index contributed by atoms with van der Waals surface area (Å²) in [4.78, 5) is 26.0. The van der Waals surface area contributed by atoms with E-state index in [1.54, 1.807) is 23.0 Å². The topological polar surface area (TPSA) is 60.7 Å². The van der Waals surface area contributed by atoms with Crippen LogP contribution in [0.25, 0.3) is 11.4 Å². The van der Waals surface area contributed by atoms with Gasteiger partial charge in [0.25, 0.3) is 0 Å². The summed E-state index contributed by atoms with van der Waals surface area (Å²) in [5.74, 6) is 4.41. The van der Waals surface area contributed by atoms with Gasteiger partial charge in [-0.1, -0.05) is 30.0 Å². The molecule has 1 unspecified atom stereocenters. The number of ketones is 1. The van der Waals surface area contributed by atoms with Crippen molar-refractivity contribution in [3.63, 3.8) is 0 Å². The lowest BCUT2D eigenvalue weighted by Gasteiger charge is -2.15. The molecule has 33 heavy (non-hydrogen) atoms. The average Bonchev–Trinajstić information content (AvgIpc) is 3.48. The maximum absolute atomic E-state index is 15.2. The van der Waals surface area contributed by atoms with Gasteiger partial charge in [-0.05, 0) is 43.2 Å². The molecule has 4 aromatic rings. The van der Waals surface area contributed by atoms with Crippen LogP contribution in [0.15, 0.2) is 67.3 Å². The largest absolute Gasteiger partial charge is 0.318 e. The molecule has 0 saturated heterocycles. The Balaban J connectivity index is 1.42. The molecule has 5 nitrogen and oxygen atoms in total. The highest BCUT2D eigenvalue weighted by molar-refractivity contribution is 6.00. The Morgan fingerprint density at radius 1 is 0.970 bits per heavy atom. The average molecular weight is 438 g/mol. The predicted molar refractivity (Wildman–Crippen MR) is 116 cm³/mol. The first-order chi connectivity index (χ1) is 16.1. The van der Waals surface area contributed by atoms with Crippen LogP contribution in [0.5, 0.6) is 0 Å². The highest BCUT2D eigenvalue weighted by Crippen LogP contribution is 2.57. The fourth-order valence-electron chi connectivity index (χ4n) is 4.46. The van der Waals surface area contributed by atoms with Crippen LogP contribution >= 0.6 is 0 Å². The Morgan fingerprint density at radius 2 is 1.70 bits per heavy atom. The van der Waals surface area contributed by atoms with Gasteiger partial charge in [-0.2, -0.15) is 0 Å². The third-order valence-corrected chi connectivity index (χ3v) is 6.23. The summed E-state index contributed by atoms with van der Waals surface area (Å²) in [7, 11) is 0. The van der Waals surface area contributed by atoms with E-state index in [-0.39, 0.29) is 16.9 Å². The summed E-state index contributed by atoms with van der Waals surface area (Å²) in [6.45, 7) is 0. The number of rotatable bonds is 2. The third kappa shape index (κ3) is 3.06. The number of carbonyl (C=O) groups is 1. The van der Waals surface area contributed by atoms with Gasteiger partial charge in [0.2, 0.25) is 0 Å². The van der Waals surface area contributed by atoms with Crippen molar-refractivity contribution in [1.82, 2.24) is 19.5 Å². The number of halogens is 2. The van der Waals surface area contributed by atoms with E-state index < -0.39 is 23.1 Å². The van der Waals surface area contributed by atoms with Crippen LogP contribution in [-0.2, 0) is 10.2 Å². The predicted octanol–water partition coefficient (Wildman–Crippen LogP) is 4.22. The van der Waals surface area contributed by atoms with Crippen molar-refractivity contribution < 1.29 is 13.6 Å². The lowest BCUT2D eigenvalue weighted by Crippen LogP contribution is -2.22. The number of imidazole rings is 1. The van der Waals surface area contributed by atoms with Crippen LogP contribution in [0.1, 0.15) is 41.4 Å². The zero-order chi connectivity index (χ0) is 22.6. The normalized spacial score (nSPS) is 17.5. The van der Waals surface area contributed by atoms with Gasteiger partial charge in [-0.25, -0.2) is 23.7 Å². The molecule has 0 N–H and O–H groups in total. The number of benzene rings is 2. The summed E-state index contributed by atoms with van der Waals surface area (Å²) >= 11 is 0. The Labute approximate surface area is 188 Å². The minimum Gasteiger partial charge on any atom is -0.318 e. The second-order valence-corrected chi connectivity index (χ2v) is 8.27. The molecule has 160 valence electrons. The summed E-state index contributed by atoms with van der Waals surface area (Å²) in [6, 6.07) is 12.1. The molecule has 0 bridgehead atoms. The SMILES string of the molecule is O=C1C(c2c(F)cc(C#Cc3ccccc3)cc2F)n2cc(-c3ccncn3)nc2C12CC2. The monoisotopic (exact) mass is 438 g/mol. The summed E-state index contributed by atoms with van der Waals surface area (Å²) in [5, 5.41) is 0. The van der Waals surface area contributed by atoms with Crippen LogP contribution < -0.4 is 0 Å². The van der Waals surface area contributed by atoms with E-state index >= 15 is 8.78 Å². The van der Waals surface area contributed by atoms with E-state index in [1.807, 2.05) is 30.3 Å². The number of aromatic nitrogens is 4. The number of hydrogen-bond acceptors (Lipinski definition) is 4. The van der Waals surface area contributed by atoms with E-state index in [9.17, 15) is 4.79 Å². The molecule has 7 heteroatoms. The number of carbonyl (C=O) groups excluding carboxylic acids is 1. The third-order valence-electron chi connectivity index (χ3n) is 6.23. The van der Waals surface area contributed by atoms with Gasteiger partial charge < -0.3 is 4.57 Å². The Morgan fingerprint density at radius 3 is 2.36 bits per heavy atom. The molecule has 1 atom stereocenters. The molecule has 1 aliphatic heterocycles. The molecule has 0 radical (unpaired) electrons.